The number of aromatic amines is 1. The number of nitrogens with one attached hydrogen (secondary N) is 2. The Labute approximate surface area is 127 Å². The molecule has 0 saturated heterocycles. The Hall–Kier alpha value is -2.72. The first-order chi connectivity index (χ1) is 10.2. The van der Waals surface area contributed by atoms with E-state index >= 15 is 0 Å². The number of aromatic nitrogens is 3. The van der Waals surface area contributed by atoms with Gasteiger partial charge in [-0.25, -0.2) is 4.98 Å². The highest BCUT2D eigenvalue weighted by Gasteiger charge is 2.07. The second kappa shape index (κ2) is 5.34. The molecule has 0 aliphatic heterocycles. The van der Waals surface area contributed by atoms with E-state index in [1.165, 1.54) is 6.20 Å². The highest BCUT2D eigenvalue weighted by Crippen LogP contribution is 2.20. The van der Waals surface area contributed by atoms with Gasteiger partial charge in [-0.3, -0.25) is 14.8 Å². The fraction of sp³-hybridized carbons (Fsp3) is 0. The van der Waals surface area contributed by atoms with Crippen molar-refractivity contribution in [2.75, 3.05) is 5.32 Å². The van der Waals surface area contributed by atoms with Gasteiger partial charge >= 0.3 is 0 Å². The molecular formula is C14H8BrN5O. The van der Waals surface area contributed by atoms with Crippen LogP contribution in [0.1, 0.15) is 5.56 Å². The number of halogens is 1. The van der Waals surface area contributed by atoms with Crippen LogP contribution in [0.5, 0.6) is 0 Å². The molecule has 0 fully saturated rings. The van der Waals surface area contributed by atoms with Crippen molar-refractivity contribution in [2.45, 2.75) is 0 Å². The van der Waals surface area contributed by atoms with Gasteiger partial charge < -0.3 is 5.32 Å². The Morgan fingerprint density at radius 2 is 2.00 bits per heavy atom. The largest absolute Gasteiger partial charge is 0.326 e. The van der Waals surface area contributed by atoms with E-state index < -0.39 is 0 Å². The third kappa shape index (κ3) is 2.61. The summed E-state index contributed by atoms with van der Waals surface area (Å²) in [5.74, 6) is 0.323. The molecule has 7 heteroatoms. The molecule has 0 saturated carbocycles. The van der Waals surface area contributed by atoms with E-state index in [-0.39, 0.29) is 5.56 Å². The smallest absolute Gasteiger partial charge is 0.261 e. The summed E-state index contributed by atoms with van der Waals surface area (Å²) in [5, 5.41) is 12.2. The van der Waals surface area contributed by atoms with E-state index in [0.29, 0.717) is 26.9 Å². The second-order valence-electron chi connectivity index (χ2n) is 4.25. The molecule has 1 aromatic carbocycles. The van der Waals surface area contributed by atoms with Gasteiger partial charge in [0.05, 0.1) is 27.0 Å². The molecule has 102 valence electrons. The fourth-order valence-electron chi connectivity index (χ4n) is 1.85. The van der Waals surface area contributed by atoms with Gasteiger partial charge in [0.15, 0.2) is 0 Å². The number of hydrogen-bond acceptors (Lipinski definition) is 5. The molecule has 2 heterocycles. The van der Waals surface area contributed by atoms with Crippen LogP contribution in [-0.4, -0.2) is 15.0 Å². The number of fused-ring (bicyclic) bond motifs is 1. The molecule has 0 atom stereocenters. The van der Waals surface area contributed by atoms with Gasteiger partial charge in [-0.2, -0.15) is 5.26 Å². The van der Waals surface area contributed by atoms with E-state index in [1.807, 2.05) is 6.07 Å². The van der Waals surface area contributed by atoms with Crippen LogP contribution < -0.4 is 10.9 Å². The third-order valence-electron chi connectivity index (χ3n) is 2.85. The molecule has 0 spiro atoms. The lowest BCUT2D eigenvalue weighted by molar-refractivity contribution is 1.15. The Morgan fingerprint density at radius 3 is 2.71 bits per heavy atom. The Bertz CT molecular complexity index is 911. The summed E-state index contributed by atoms with van der Waals surface area (Å²) >= 11 is 3.33. The molecule has 3 rings (SSSR count). The molecule has 0 radical (unpaired) electrons. The predicted molar refractivity (Wildman–Crippen MR) is 82.3 cm³/mol. The lowest BCUT2D eigenvalue weighted by atomic mass is 10.2. The molecule has 0 unspecified atom stereocenters. The van der Waals surface area contributed by atoms with Crippen LogP contribution in [0, 0.1) is 11.3 Å². The van der Waals surface area contributed by atoms with Crippen molar-refractivity contribution >= 4 is 38.5 Å². The number of nitrogens with zero attached hydrogens (tertiary/aromatic N) is 3. The minimum absolute atomic E-state index is 0.273. The normalized spacial score (nSPS) is 10.3. The van der Waals surface area contributed by atoms with E-state index in [1.54, 1.807) is 30.5 Å². The van der Waals surface area contributed by atoms with Crippen molar-refractivity contribution in [1.82, 2.24) is 15.0 Å². The molecule has 0 aliphatic rings. The van der Waals surface area contributed by atoms with Gasteiger partial charge in [-0.15, -0.1) is 0 Å². The standard InChI is InChI=1S/C14H8BrN5O/c15-11-7-17-6-10-12(11)19-14(20-13(10)21)18-9-3-1-8(5-16)2-4-9/h1-4,6-7H,(H2,18,19,20,21). The highest BCUT2D eigenvalue weighted by molar-refractivity contribution is 9.10. The molecule has 3 aromatic rings. The zero-order valence-electron chi connectivity index (χ0n) is 10.6. The lowest BCUT2D eigenvalue weighted by Gasteiger charge is -2.06. The van der Waals surface area contributed by atoms with Crippen molar-refractivity contribution in [2.24, 2.45) is 0 Å². The SMILES string of the molecule is N#Cc1ccc(Nc2nc3c(Br)cncc3c(=O)[nH]2)cc1. The average molecular weight is 342 g/mol. The summed E-state index contributed by atoms with van der Waals surface area (Å²) in [4.78, 5) is 23.0. The average Bonchev–Trinajstić information content (AvgIpc) is 2.49. The first-order valence-corrected chi connectivity index (χ1v) is 6.77. The highest BCUT2D eigenvalue weighted by atomic mass is 79.9. The van der Waals surface area contributed by atoms with Gasteiger partial charge in [0.1, 0.15) is 0 Å². The predicted octanol–water partition coefficient (Wildman–Crippen LogP) is 2.70. The summed E-state index contributed by atoms with van der Waals surface area (Å²) in [6.07, 6.45) is 3.05. The van der Waals surface area contributed by atoms with Crippen LogP contribution in [0.15, 0.2) is 45.9 Å². The van der Waals surface area contributed by atoms with Crippen molar-refractivity contribution in [3.8, 4) is 6.07 Å². The number of anilines is 2. The van der Waals surface area contributed by atoms with Crippen LogP contribution in [0.4, 0.5) is 11.6 Å². The van der Waals surface area contributed by atoms with E-state index in [9.17, 15) is 4.79 Å². The Balaban J connectivity index is 2.03. The molecule has 2 N–H and O–H groups in total. The van der Waals surface area contributed by atoms with Crippen molar-refractivity contribution < 1.29 is 0 Å². The number of pyridine rings is 1. The molecule has 0 bridgehead atoms. The zero-order chi connectivity index (χ0) is 14.8. The van der Waals surface area contributed by atoms with Crippen LogP contribution >= 0.6 is 15.9 Å². The van der Waals surface area contributed by atoms with Gasteiger partial charge in [-0.1, -0.05) is 0 Å². The maximum atomic E-state index is 12.0. The molecular weight excluding hydrogens is 334 g/mol. The van der Waals surface area contributed by atoms with E-state index in [0.717, 1.165) is 5.69 Å². The van der Waals surface area contributed by atoms with Gasteiger partial charge in [-0.05, 0) is 40.2 Å². The quantitative estimate of drug-likeness (QED) is 0.747. The fourth-order valence-corrected chi connectivity index (χ4v) is 2.27. The van der Waals surface area contributed by atoms with E-state index in [4.69, 9.17) is 5.26 Å². The lowest BCUT2D eigenvalue weighted by Crippen LogP contribution is -2.11. The summed E-state index contributed by atoms with van der Waals surface area (Å²) in [6.45, 7) is 0. The maximum absolute atomic E-state index is 12.0. The second-order valence-corrected chi connectivity index (χ2v) is 5.10. The van der Waals surface area contributed by atoms with Crippen molar-refractivity contribution in [3.05, 3.63) is 57.0 Å². The topological polar surface area (TPSA) is 94.5 Å². The minimum Gasteiger partial charge on any atom is -0.326 e. The van der Waals surface area contributed by atoms with Crippen LogP contribution in [0.3, 0.4) is 0 Å². The monoisotopic (exact) mass is 341 g/mol. The number of rotatable bonds is 2. The number of nitriles is 1. The molecule has 0 aliphatic carbocycles. The summed E-state index contributed by atoms with van der Waals surface area (Å²) < 4.78 is 0.647. The van der Waals surface area contributed by atoms with Gasteiger partial charge in [0.2, 0.25) is 5.95 Å². The maximum Gasteiger partial charge on any atom is 0.261 e. The summed E-state index contributed by atoms with van der Waals surface area (Å²) in [6, 6.07) is 8.89. The molecule has 6 nitrogen and oxygen atoms in total. The van der Waals surface area contributed by atoms with E-state index in [2.05, 4.69) is 36.2 Å². The summed E-state index contributed by atoms with van der Waals surface area (Å²) in [5.41, 5.74) is 1.55. The number of H-pyrrole nitrogens is 1. The van der Waals surface area contributed by atoms with Crippen LogP contribution in [0.25, 0.3) is 10.9 Å². The van der Waals surface area contributed by atoms with Gasteiger partial charge in [0.25, 0.3) is 5.56 Å². The molecule has 0 amide bonds. The Morgan fingerprint density at radius 1 is 1.24 bits per heavy atom. The number of hydrogen-bond donors (Lipinski definition) is 2. The van der Waals surface area contributed by atoms with Crippen molar-refractivity contribution in [1.29, 1.82) is 5.26 Å². The van der Waals surface area contributed by atoms with Crippen molar-refractivity contribution in [3.63, 3.8) is 0 Å². The van der Waals surface area contributed by atoms with Crippen LogP contribution in [-0.2, 0) is 0 Å². The van der Waals surface area contributed by atoms with Gasteiger partial charge in [0, 0.05) is 18.1 Å². The van der Waals surface area contributed by atoms with Crippen LogP contribution in [0.2, 0.25) is 0 Å². The molecule has 2 aromatic heterocycles. The minimum atomic E-state index is -0.273. The zero-order valence-corrected chi connectivity index (χ0v) is 12.2. The molecule has 21 heavy (non-hydrogen) atoms. The summed E-state index contributed by atoms with van der Waals surface area (Å²) in [7, 11) is 0. The third-order valence-corrected chi connectivity index (χ3v) is 3.43. The first kappa shape index (κ1) is 13.3. The number of benzene rings is 1. The Kier molecular flexibility index (Phi) is 3.38. The first-order valence-electron chi connectivity index (χ1n) is 5.98.